The molecule has 0 unspecified atom stereocenters. The molecule has 0 aliphatic carbocycles. The number of hydrogen-bond acceptors (Lipinski definition) is 2. The van der Waals surface area contributed by atoms with Crippen molar-refractivity contribution in [2.24, 2.45) is 0 Å². The maximum atomic E-state index is 5.46. The molecule has 0 saturated carbocycles. The van der Waals surface area contributed by atoms with Gasteiger partial charge in [0, 0.05) is 16.6 Å². The highest BCUT2D eigenvalue weighted by Crippen LogP contribution is 2.23. The highest BCUT2D eigenvalue weighted by atomic mass is 79.9. The maximum absolute atomic E-state index is 5.46. The van der Waals surface area contributed by atoms with Gasteiger partial charge in [-0.2, -0.15) is 0 Å². The van der Waals surface area contributed by atoms with Crippen molar-refractivity contribution >= 4 is 15.9 Å². The summed E-state index contributed by atoms with van der Waals surface area (Å²) < 4.78 is 6.57. The Morgan fingerprint density at radius 1 is 1.00 bits per heavy atom. The van der Waals surface area contributed by atoms with Crippen LogP contribution in [0.15, 0.2) is 53.0 Å². The largest absolute Gasteiger partial charge is 0.494 e. The summed E-state index contributed by atoms with van der Waals surface area (Å²) in [7, 11) is 0. The Morgan fingerprint density at radius 3 is 2.19 bits per heavy atom. The van der Waals surface area contributed by atoms with Gasteiger partial charge in [0.1, 0.15) is 5.75 Å². The van der Waals surface area contributed by atoms with Gasteiger partial charge >= 0.3 is 0 Å². The summed E-state index contributed by atoms with van der Waals surface area (Å²) in [5, 5.41) is 3.61. The lowest BCUT2D eigenvalue weighted by atomic mass is 9.94. The molecular formula is C18H22BrNO. The first-order valence-electron chi connectivity index (χ1n) is 7.24. The molecule has 0 saturated heterocycles. The van der Waals surface area contributed by atoms with Gasteiger partial charge in [0.15, 0.2) is 0 Å². The SMILES string of the molecule is CCOc1ccc(CNC(C)(C)c2ccc(Br)cc2)cc1. The molecule has 1 N–H and O–H groups in total. The Bertz CT molecular complexity index is 561. The van der Waals surface area contributed by atoms with E-state index in [1.54, 1.807) is 0 Å². The third kappa shape index (κ3) is 4.58. The fraction of sp³-hybridized carbons (Fsp3) is 0.333. The van der Waals surface area contributed by atoms with Crippen molar-refractivity contribution in [2.75, 3.05) is 6.61 Å². The van der Waals surface area contributed by atoms with E-state index in [-0.39, 0.29) is 5.54 Å². The summed E-state index contributed by atoms with van der Waals surface area (Å²) in [5.41, 5.74) is 2.46. The Morgan fingerprint density at radius 2 is 1.62 bits per heavy atom. The first-order chi connectivity index (χ1) is 10.0. The van der Waals surface area contributed by atoms with E-state index >= 15 is 0 Å². The predicted octanol–water partition coefficient (Wildman–Crippen LogP) is 4.87. The molecule has 0 spiro atoms. The van der Waals surface area contributed by atoms with Crippen LogP contribution in [0.25, 0.3) is 0 Å². The van der Waals surface area contributed by atoms with Gasteiger partial charge in [-0.15, -0.1) is 0 Å². The topological polar surface area (TPSA) is 21.3 Å². The predicted molar refractivity (Wildman–Crippen MR) is 91.6 cm³/mol. The van der Waals surface area contributed by atoms with Gasteiger partial charge < -0.3 is 10.1 Å². The second-order valence-electron chi connectivity index (χ2n) is 5.56. The van der Waals surface area contributed by atoms with Gasteiger partial charge in [0.2, 0.25) is 0 Å². The molecule has 2 aromatic rings. The van der Waals surface area contributed by atoms with Gasteiger partial charge in [-0.3, -0.25) is 0 Å². The molecule has 0 bridgehead atoms. The van der Waals surface area contributed by atoms with Crippen LogP contribution in [0, 0.1) is 0 Å². The molecular weight excluding hydrogens is 326 g/mol. The molecule has 2 nitrogen and oxygen atoms in total. The highest BCUT2D eigenvalue weighted by molar-refractivity contribution is 9.10. The first kappa shape index (κ1) is 16.1. The molecule has 0 amide bonds. The zero-order valence-electron chi connectivity index (χ0n) is 12.8. The van der Waals surface area contributed by atoms with Crippen LogP contribution in [-0.4, -0.2) is 6.61 Å². The molecule has 0 radical (unpaired) electrons. The van der Waals surface area contributed by atoms with Crippen LogP contribution >= 0.6 is 15.9 Å². The van der Waals surface area contributed by atoms with E-state index in [1.807, 2.05) is 19.1 Å². The molecule has 0 fully saturated rings. The lowest BCUT2D eigenvalue weighted by Gasteiger charge is -2.27. The van der Waals surface area contributed by atoms with E-state index in [0.29, 0.717) is 6.61 Å². The minimum Gasteiger partial charge on any atom is -0.494 e. The molecule has 0 aromatic heterocycles. The summed E-state index contributed by atoms with van der Waals surface area (Å²) in [6.45, 7) is 7.93. The standard InChI is InChI=1S/C18H22BrNO/c1-4-21-17-11-5-14(6-12-17)13-20-18(2,3)15-7-9-16(19)10-8-15/h5-12,20H,4,13H2,1-3H3. The average molecular weight is 348 g/mol. The van der Waals surface area contributed by atoms with Gasteiger partial charge in [-0.25, -0.2) is 0 Å². The Hall–Kier alpha value is -1.32. The van der Waals surface area contributed by atoms with Crippen LogP contribution < -0.4 is 10.1 Å². The monoisotopic (exact) mass is 347 g/mol. The van der Waals surface area contributed by atoms with E-state index in [9.17, 15) is 0 Å². The zero-order valence-corrected chi connectivity index (χ0v) is 14.4. The fourth-order valence-electron chi connectivity index (χ4n) is 2.16. The van der Waals surface area contributed by atoms with Crippen LogP contribution in [-0.2, 0) is 12.1 Å². The number of ether oxygens (including phenoxy) is 1. The van der Waals surface area contributed by atoms with Crippen molar-refractivity contribution < 1.29 is 4.74 Å². The van der Waals surface area contributed by atoms with Crippen LogP contribution in [0.1, 0.15) is 31.9 Å². The maximum Gasteiger partial charge on any atom is 0.119 e. The van der Waals surface area contributed by atoms with Gasteiger partial charge in [0.25, 0.3) is 0 Å². The third-order valence-corrected chi connectivity index (χ3v) is 4.06. The highest BCUT2D eigenvalue weighted by Gasteiger charge is 2.19. The Kier molecular flexibility index (Phi) is 5.43. The zero-order chi connectivity index (χ0) is 15.3. The molecule has 2 rings (SSSR count). The number of nitrogens with one attached hydrogen (secondary N) is 1. The first-order valence-corrected chi connectivity index (χ1v) is 8.03. The van der Waals surface area contributed by atoms with Crippen molar-refractivity contribution in [2.45, 2.75) is 32.9 Å². The van der Waals surface area contributed by atoms with Gasteiger partial charge in [-0.05, 0) is 56.2 Å². The summed E-state index contributed by atoms with van der Waals surface area (Å²) >= 11 is 3.48. The van der Waals surface area contributed by atoms with Crippen LogP contribution in [0.5, 0.6) is 5.75 Å². The van der Waals surface area contributed by atoms with Crippen molar-refractivity contribution in [3.8, 4) is 5.75 Å². The van der Waals surface area contributed by atoms with Crippen molar-refractivity contribution in [1.29, 1.82) is 0 Å². The van der Waals surface area contributed by atoms with E-state index in [1.165, 1.54) is 11.1 Å². The molecule has 2 aromatic carbocycles. The number of halogens is 1. The van der Waals surface area contributed by atoms with E-state index in [0.717, 1.165) is 16.8 Å². The molecule has 0 atom stereocenters. The minimum absolute atomic E-state index is 0.0701. The lowest BCUT2D eigenvalue weighted by molar-refractivity contribution is 0.340. The summed E-state index contributed by atoms with van der Waals surface area (Å²) in [6, 6.07) is 16.7. The van der Waals surface area contributed by atoms with E-state index < -0.39 is 0 Å². The second kappa shape index (κ2) is 7.10. The third-order valence-electron chi connectivity index (χ3n) is 3.53. The second-order valence-corrected chi connectivity index (χ2v) is 6.48. The van der Waals surface area contributed by atoms with Gasteiger partial charge in [0.05, 0.1) is 6.61 Å². The van der Waals surface area contributed by atoms with Crippen LogP contribution in [0.4, 0.5) is 0 Å². The van der Waals surface area contributed by atoms with E-state index in [4.69, 9.17) is 4.74 Å². The Labute approximate surface area is 135 Å². The minimum atomic E-state index is -0.0701. The number of rotatable bonds is 6. The van der Waals surface area contributed by atoms with Crippen LogP contribution in [0.2, 0.25) is 0 Å². The average Bonchev–Trinajstić information content (AvgIpc) is 2.47. The van der Waals surface area contributed by atoms with Gasteiger partial charge in [-0.1, -0.05) is 40.2 Å². The van der Waals surface area contributed by atoms with Crippen molar-refractivity contribution in [3.63, 3.8) is 0 Å². The molecule has 0 heterocycles. The summed E-state index contributed by atoms with van der Waals surface area (Å²) in [4.78, 5) is 0. The molecule has 0 aliphatic rings. The quantitative estimate of drug-likeness (QED) is 0.804. The molecule has 112 valence electrons. The molecule has 3 heteroatoms. The summed E-state index contributed by atoms with van der Waals surface area (Å²) in [5.74, 6) is 0.924. The lowest BCUT2D eigenvalue weighted by Crippen LogP contribution is -2.35. The van der Waals surface area contributed by atoms with E-state index in [2.05, 4.69) is 71.5 Å². The Balaban J connectivity index is 1.99. The number of hydrogen-bond donors (Lipinski definition) is 1. The number of benzene rings is 2. The van der Waals surface area contributed by atoms with Crippen molar-refractivity contribution in [1.82, 2.24) is 5.32 Å². The van der Waals surface area contributed by atoms with Crippen LogP contribution in [0.3, 0.4) is 0 Å². The molecule has 21 heavy (non-hydrogen) atoms. The van der Waals surface area contributed by atoms with Crippen molar-refractivity contribution in [3.05, 3.63) is 64.1 Å². The normalized spacial score (nSPS) is 11.4. The fourth-order valence-corrected chi connectivity index (χ4v) is 2.43. The molecule has 0 aliphatic heterocycles. The summed E-state index contributed by atoms with van der Waals surface area (Å²) in [6.07, 6.45) is 0. The smallest absolute Gasteiger partial charge is 0.119 e.